The number of carbonyl (C=O) groups excluding carboxylic acids is 1. The number of halogens is 3. The molecule has 31 heavy (non-hydrogen) atoms. The maximum atomic E-state index is 13.5. The standard InChI is InChI=1S/C24H26F3N3O/c25-24(26,27)30-16-21(14-19-8-4-5-9-22(19)30)29-23(31)18-10-12-20(13-11-18)28-15-17-6-2-1-3-7-17/h4-5,8-14,17,28H,1-3,6-7,15-16H2,(H,29,31). The van der Waals surface area contributed by atoms with Crippen LogP contribution in [0.25, 0.3) is 6.08 Å². The lowest BCUT2D eigenvalue weighted by Gasteiger charge is -2.32. The Morgan fingerprint density at radius 2 is 1.71 bits per heavy atom. The molecule has 0 bridgehead atoms. The second kappa shape index (κ2) is 9.04. The van der Waals surface area contributed by atoms with E-state index >= 15 is 0 Å². The SMILES string of the molecule is O=C(NC1=Cc2ccccc2N(C(F)(F)F)C1)c1ccc(NCC2CCCCC2)cc1. The van der Waals surface area contributed by atoms with Crippen molar-refractivity contribution < 1.29 is 18.0 Å². The minimum atomic E-state index is -4.54. The van der Waals surface area contributed by atoms with Crippen LogP contribution in [0.2, 0.25) is 0 Å². The molecule has 2 N–H and O–H groups in total. The van der Waals surface area contributed by atoms with E-state index < -0.39 is 18.8 Å². The molecule has 1 heterocycles. The van der Waals surface area contributed by atoms with E-state index in [9.17, 15) is 18.0 Å². The van der Waals surface area contributed by atoms with Gasteiger partial charge in [0.05, 0.1) is 12.2 Å². The molecule has 0 saturated heterocycles. The Hall–Kier alpha value is -2.96. The summed E-state index contributed by atoms with van der Waals surface area (Å²) in [5.41, 5.74) is 2.06. The lowest BCUT2D eigenvalue weighted by Crippen LogP contribution is -2.44. The lowest BCUT2D eigenvalue weighted by atomic mass is 9.89. The number of anilines is 2. The Kier molecular flexibility index (Phi) is 6.20. The van der Waals surface area contributed by atoms with Gasteiger partial charge in [0.2, 0.25) is 0 Å². The molecule has 0 unspecified atom stereocenters. The maximum Gasteiger partial charge on any atom is 0.485 e. The molecule has 0 atom stereocenters. The van der Waals surface area contributed by atoms with Crippen molar-refractivity contribution >= 4 is 23.4 Å². The summed E-state index contributed by atoms with van der Waals surface area (Å²) in [6, 6.07) is 13.3. The number of hydrogen-bond donors (Lipinski definition) is 2. The van der Waals surface area contributed by atoms with Gasteiger partial charge in [0.15, 0.2) is 0 Å². The number of nitrogens with zero attached hydrogens (tertiary/aromatic N) is 1. The fraction of sp³-hybridized carbons (Fsp3) is 0.375. The highest BCUT2D eigenvalue weighted by Gasteiger charge is 2.40. The lowest BCUT2D eigenvalue weighted by molar-refractivity contribution is -0.128. The summed E-state index contributed by atoms with van der Waals surface area (Å²) < 4.78 is 40.5. The predicted molar refractivity (Wildman–Crippen MR) is 117 cm³/mol. The summed E-state index contributed by atoms with van der Waals surface area (Å²) in [7, 11) is 0. The van der Waals surface area contributed by atoms with Gasteiger partial charge in [0.25, 0.3) is 5.91 Å². The number of amides is 1. The van der Waals surface area contributed by atoms with Crippen LogP contribution in [0, 0.1) is 5.92 Å². The fourth-order valence-electron chi connectivity index (χ4n) is 4.26. The smallest absolute Gasteiger partial charge is 0.385 e. The molecular formula is C24H26F3N3O. The Labute approximate surface area is 180 Å². The topological polar surface area (TPSA) is 44.4 Å². The van der Waals surface area contributed by atoms with Crippen LogP contribution < -0.4 is 15.5 Å². The van der Waals surface area contributed by atoms with Crippen molar-refractivity contribution in [3.8, 4) is 0 Å². The Bertz CT molecular complexity index is 947. The first-order chi connectivity index (χ1) is 14.9. The van der Waals surface area contributed by atoms with Gasteiger partial charge in [-0.3, -0.25) is 9.69 Å². The van der Waals surface area contributed by atoms with Gasteiger partial charge < -0.3 is 10.6 Å². The Balaban J connectivity index is 1.40. The van der Waals surface area contributed by atoms with Gasteiger partial charge in [0, 0.05) is 23.5 Å². The molecule has 1 fully saturated rings. The molecule has 0 radical (unpaired) electrons. The molecule has 164 valence electrons. The van der Waals surface area contributed by atoms with Gasteiger partial charge in [-0.15, -0.1) is 0 Å². The number of rotatable bonds is 5. The van der Waals surface area contributed by atoms with Gasteiger partial charge in [0.1, 0.15) is 0 Å². The van der Waals surface area contributed by atoms with Crippen LogP contribution in [-0.4, -0.2) is 25.3 Å². The van der Waals surface area contributed by atoms with Crippen molar-refractivity contribution in [3.05, 3.63) is 65.4 Å². The zero-order valence-electron chi connectivity index (χ0n) is 17.2. The first-order valence-electron chi connectivity index (χ1n) is 10.7. The zero-order valence-corrected chi connectivity index (χ0v) is 17.2. The van der Waals surface area contributed by atoms with Crippen molar-refractivity contribution in [2.45, 2.75) is 38.4 Å². The summed E-state index contributed by atoms with van der Waals surface area (Å²) >= 11 is 0. The van der Waals surface area contributed by atoms with Crippen LogP contribution in [0.3, 0.4) is 0 Å². The second-order valence-electron chi connectivity index (χ2n) is 8.20. The summed E-state index contributed by atoms with van der Waals surface area (Å²) in [5.74, 6) is 0.265. The number of nitrogens with one attached hydrogen (secondary N) is 2. The highest BCUT2D eigenvalue weighted by Crippen LogP contribution is 2.35. The van der Waals surface area contributed by atoms with Crippen molar-refractivity contribution in [2.24, 2.45) is 5.92 Å². The van der Waals surface area contributed by atoms with E-state index in [4.69, 9.17) is 0 Å². The average molecular weight is 429 g/mol. The fourth-order valence-corrected chi connectivity index (χ4v) is 4.26. The van der Waals surface area contributed by atoms with Crippen molar-refractivity contribution in [1.82, 2.24) is 5.32 Å². The normalized spacial score (nSPS) is 17.0. The van der Waals surface area contributed by atoms with Gasteiger partial charge in [-0.1, -0.05) is 37.5 Å². The van der Waals surface area contributed by atoms with Crippen molar-refractivity contribution in [3.63, 3.8) is 0 Å². The van der Waals surface area contributed by atoms with Crippen LogP contribution in [0.15, 0.2) is 54.2 Å². The van der Waals surface area contributed by atoms with Crippen LogP contribution in [0.1, 0.15) is 48.0 Å². The predicted octanol–water partition coefficient (Wildman–Crippen LogP) is 5.79. The van der Waals surface area contributed by atoms with Gasteiger partial charge in [-0.05, 0) is 60.7 Å². The largest absolute Gasteiger partial charge is 0.485 e. The number of hydrogen-bond acceptors (Lipinski definition) is 3. The molecule has 4 nitrogen and oxygen atoms in total. The van der Waals surface area contributed by atoms with E-state index in [2.05, 4.69) is 10.6 Å². The maximum absolute atomic E-state index is 13.5. The number of alkyl halides is 3. The number of carbonyl (C=O) groups is 1. The summed E-state index contributed by atoms with van der Waals surface area (Å²) in [6.07, 6.45) is 3.46. The third kappa shape index (κ3) is 5.21. The molecule has 1 aliphatic heterocycles. The van der Waals surface area contributed by atoms with Gasteiger partial charge >= 0.3 is 6.30 Å². The molecule has 1 aliphatic carbocycles. The van der Waals surface area contributed by atoms with Gasteiger partial charge in [-0.25, -0.2) is 0 Å². The highest BCUT2D eigenvalue weighted by molar-refractivity contribution is 5.96. The first-order valence-corrected chi connectivity index (χ1v) is 10.7. The quantitative estimate of drug-likeness (QED) is 0.592. The van der Waals surface area contributed by atoms with E-state index in [1.807, 2.05) is 12.1 Å². The van der Waals surface area contributed by atoms with E-state index in [0.29, 0.717) is 21.9 Å². The third-order valence-electron chi connectivity index (χ3n) is 5.93. The number of fused-ring (bicyclic) bond motifs is 1. The number of benzene rings is 2. The molecule has 1 saturated carbocycles. The molecule has 2 aliphatic rings. The van der Waals surface area contributed by atoms with Crippen LogP contribution in [-0.2, 0) is 0 Å². The van der Waals surface area contributed by atoms with Gasteiger partial charge in [-0.2, -0.15) is 13.2 Å². The Morgan fingerprint density at radius 3 is 2.42 bits per heavy atom. The highest BCUT2D eigenvalue weighted by atomic mass is 19.4. The molecule has 2 aromatic rings. The first kappa shape index (κ1) is 21.3. The molecule has 2 aromatic carbocycles. The van der Waals surface area contributed by atoms with E-state index in [1.165, 1.54) is 38.2 Å². The van der Waals surface area contributed by atoms with Crippen molar-refractivity contribution in [2.75, 3.05) is 23.3 Å². The molecule has 0 aromatic heterocycles. The zero-order chi connectivity index (χ0) is 21.8. The molecule has 1 amide bonds. The molecule has 7 heteroatoms. The summed E-state index contributed by atoms with van der Waals surface area (Å²) in [5, 5.41) is 6.06. The molecule has 4 rings (SSSR count). The molecular weight excluding hydrogens is 403 g/mol. The second-order valence-corrected chi connectivity index (χ2v) is 8.20. The van der Waals surface area contributed by atoms with Crippen LogP contribution in [0.4, 0.5) is 24.5 Å². The summed E-state index contributed by atoms with van der Waals surface area (Å²) in [6.45, 7) is 0.485. The van der Waals surface area contributed by atoms with E-state index in [0.717, 1.165) is 12.2 Å². The third-order valence-corrected chi connectivity index (χ3v) is 5.93. The minimum absolute atomic E-state index is 0.0846. The van der Waals surface area contributed by atoms with Crippen LogP contribution in [0.5, 0.6) is 0 Å². The monoisotopic (exact) mass is 429 g/mol. The minimum Gasteiger partial charge on any atom is -0.385 e. The Morgan fingerprint density at radius 1 is 1.00 bits per heavy atom. The van der Waals surface area contributed by atoms with Crippen LogP contribution >= 0.6 is 0 Å². The average Bonchev–Trinajstić information content (AvgIpc) is 2.77. The van der Waals surface area contributed by atoms with E-state index in [1.54, 1.807) is 36.4 Å². The molecule has 0 spiro atoms. The van der Waals surface area contributed by atoms with Crippen molar-refractivity contribution in [1.29, 1.82) is 0 Å². The van der Waals surface area contributed by atoms with E-state index in [-0.39, 0.29) is 11.4 Å². The number of para-hydroxylation sites is 1. The summed E-state index contributed by atoms with van der Waals surface area (Å²) in [4.78, 5) is 13.0.